The molecule has 68 valence electrons. The van der Waals surface area contributed by atoms with Crippen molar-refractivity contribution < 1.29 is 4.79 Å². The van der Waals surface area contributed by atoms with Crippen molar-refractivity contribution in [2.24, 2.45) is 0 Å². The van der Waals surface area contributed by atoms with Gasteiger partial charge in [0.05, 0.1) is 0 Å². The van der Waals surface area contributed by atoms with Crippen LogP contribution in [0.25, 0.3) is 0 Å². The summed E-state index contributed by atoms with van der Waals surface area (Å²) in [5.41, 5.74) is 1.22. The van der Waals surface area contributed by atoms with Crippen LogP contribution in [0.4, 0.5) is 0 Å². The molecule has 0 spiro atoms. The van der Waals surface area contributed by atoms with Crippen LogP contribution in [0.15, 0.2) is 30.3 Å². The van der Waals surface area contributed by atoms with Gasteiger partial charge >= 0.3 is 0 Å². The predicted molar refractivity (Wildman–Crippen MR) is 49.3 cm³/mol. The van der Waals surface area contributed by atoms with Crippen molar-refractivity contribution in [2.75, 3.05) is 6.54 Å². The predicted octanol–water partition coefficient (Wildman–Crippen LogP) is 0.738. The summed E-state index contributed by atoms with van der Waals surface area (Å²) >= 11 is 0. The number of hydrogen-bond acceptors (Lipinski definition) is 2. The quantitative estimate of drug-likeness (QED) is 0.672. The molecule has 2 rings (SSSR count). The fourth-order valence-corrected chi connectivity index (χ4v) is 1.36. The minimum Gasteiger partial charge on any atom is -0.491 e. The summed E-state index contributed by atoms with van der Waals surface area (Å²) in [6.07, 6.45) is 0. The van der Waals surface area contributed by atoms with E-state index in [1.165, 1.54) is 5.56 Å². The van der Waals surface area contributed by atoms with Crippen LogP contribution in [0.3, 0.4) is 0 Å². The molecule has 3 nitrogen and oxygen atoms in total. The molecule has 13 heavy (non-hydrogen) atoms. The van der Waals surface area contributed by atoms with Crippen molar-refractivity contribution in [3.05, 3.63) is 42.6 Å². The molecule has 1 aliphatic rings. The van der Waals surface area contributed by atoms with E-state index in [2.05, 4.69) is 17.4 Å². The van der Waals surface area contributed by atoms with Crippen molar-refractivity contribution in [3.63, 3.8) is 0 Å². The maximum atomic E-state index is 10.9. The second kappa shape index (κ2) is 3.58. The topological polar surface area (TPSA) is 32.3 Å². The number of benzene rings is 1. The second-order valence-corrected chi connectivity index (χ2v) is 3.09. The van der Waals surface area contributed by atoms with E-state index < -0.39 is 0 Å². The summed E-state index contributed by atoms with van der Waals surface area (Å²) in [7, 11) is 0. The first-order valence-electron chi connectivity index (χ1n) is 4.25. The van der Waals surface area contributed by atoms with Gasteiger partial charge in [-0.15, -0.1) is 0 Å². The molecule has 1 aromatic carbocycles. The number of nitrogens with one attached hydrogen (secondary N) is 1. The summed E-state index contributed by atoms with van der Waals surface area (Å²) in [6, 6.07) is 10.1. The summed E-state index contributed by atoms with van der Waals surface area (Å²) in [6.45, 7) is 2.99. The van der Waals surface area contributed by atoms with Crippen LogP contribution in [-0.4, -0.2) is 17.4 Å². The number of hydrogen-bond donors (Lipinski definition) is 1. The standard InChI is InChI=1S/C10H11N2O/c13-10-7-12(8-11-10)6-9-4-2-1-3-5-9/h1-5,8H,6-7H2,(H,11,13)/q-1. The zero-order valence-corrected chi connectivity index (χ0v) is 7.23. The van der Waals surface area contributed by atoms with E-state index in [0.29, 0.717) is 6.54 Å². The number of nitrogens with zero attached hydrogens (tertiary/aromatic N) is 1. The number of carbonyl (C=O) groups is 1. The first kappa shape index (κ1) is 8.26. The molecule has 0 unspecified atom stereocenters. The van der Waals surface area contributed by atoms with Crippen LogP contribution in [0.2, 0.25) is 0 Å². The highest BCUT2D eigenvalue weighted by Gasteiger charge is 2.08. The van der Waals surface area contributed by atoms with Gasteiger partial charge in [-0.25, -0.2) is 0 Å². The van der Waals surface area contributed by atoms with Gasteiger partial charge < -0.3 is 10.2 Å². The SMILES string of the molecule is O=C1CN(Cc2ccccc2)[CH-]N1. The van der Waals surface area contributed by atoms with E-state index >= 15 is 0 Å². The Morgan fingerprint density at radius 3 is 2.77 bits per heavy atom. The highest BCUT2D eigenvalue weighted by Crippen LogP contribution is 2.07. The van der Waals surface area contributed by atoms with Gasteiger partial charge in [-0.2, -0.15) is 6.67 Å². The molecule has 3 heteroatoms. The monoisotopic (exact) mass is 175 g/mol. The molecule has 1 fully saturated rings. The summed E-state index contributed by atoms with van der Waals surface area (Å²) in [5, 5.41) is 2.65. The van der Waals surface area contributed by atoms with Gasteiger partial charge in [-0.1, -0.05) is 30.3 Å². The first-order chi connectivity index (χ1) is 6.34. The van der Waals surface area contributed by atoms with Gasteiger partial charge in [0.25, 0.3) is 0 Å². The van der Waals surface area contributed by atoms with Crippen LogP contribution in [0.5, 0.6) is 0 Å². The van der Waals surface area contributed by atoms with Crippen molar-refractivity contribution in [3.8, 4) is 0 Å². The number of rotatable bonds is 2. The number of amides is 1. The highest BCUT2D eigenvalue weighted by atomic mass is 16.2. The summed E-state index contributed by atoms with van der Waals surface area (Å²) in [4.78, 5) is 12.8. The highest BCUT2D eigenvalue weighted by molar-refractivity contribution is 5.80. The summed E-state index contributed by atoms with van der Waals surface area (Å²) < 4.78 is 0. The fraction of sp³-hybridized carbons (Fsp3) is 0.200. The molecule has 0 aromatic heterocycles. The molecule has 0 atom stereocenters. The van der Waals surface area contributed by atoms with Gasteiger partial charge in [0.1, 0.15) is 0 Å². The van der Waals surface area contributed by atoms with E-state index in [1.54, 1.807) is 6.67 Å². The molecule has 1 aliphatic heterocycles. The van der Waals surface area contributed by atoms with E-state index in [1.807, 2.05) is 23.1 Å². The lowest BCUT2D eigenvalue weighted by Gasteiger charge is -2.22. The molecule has 0 aliphatic carbocycles. The van der Waals surface area contributed by atoms with Crippen LogP contribution in [-0.2, 0) is 11.3 Å². The average molecular weight is 175 g/mol. The Bertz CT molecular complexity index is 297. The van der Waals surface area contributed by atoms with Crippen molar-refractivity contribution >= 4 is 5.91 Å². The largest absolute Gasteiger partial charge is 0.491 e. The van der Waals surface area contributed by atoms with E-state index in [9.17, 15) is 4.79 Å². The van der Waals surface area contributed by atoms with Gasteiger partial charge in [0.15, 0.2) is 0 Å². The Labute approximate surface area is 77.4 Å². The van der Waals surface area contributed by atoms with Crippen molar-refractivity contribution in [2.45, 2.75) is 6.54 Å². The minimum absolute atomic E-state index is 0.0657. The third kappa shape index (κ3) is 2.06. The van der Waals surface area contributed by atoms with E-state index in [-0.39, 0.29) is 5.91 Å². The lowest BCUT2D eigenvalue weighted by atomic mass is 10.2. The Balaban J connectivity index is 1.96. The average Bonchev–Trinajstić information content (AvgIpc) is 2.53. The normalized spacial score (nSPS) is 17.4. The zero-order chi connectivity index (χ0) is 9.10. The molecule has 0 saturated carbocycles. The maximum Gasteiger partial charge on any atom is 0.203 e. The van der Waals surface area contributed by atoms with Gasteiger partial charge in [-0.05, 0) is 12.1 Å². The molecule has 1 amide bonds. The van der Waals surface area contributed by atoms with E-state index in [0.717, 1.165) is 6.54 Å². The number of carbonyl (C=O) groups excluding carboxylic acids is 1. The molecule has 1 N–H and O–H groups in total. The Morgan fingerprint density at radius 2 is 2.15 bits per heavy atom. The Kier molecular flexibility index (Phi) is 2.27. The lowest BCUT2D eigenvalue weighted by Crippen LogP contribution is -2.17. The van der Waals surface area contributed by atoms with Crippen molar-refractivity contribution in [1.29, 1.82) is 0 Å². The molecular formula is C10H11N2O-. The first-order valence-corrected chi connectivity index (χ1v) is 4.25. The maximum absolute atomic E-state index is 10.9. The summed E-state index contributed by atoms with van der Waals surface area (Å²) in [5.74, 6) is 0.0657. The van der Waals surface area contributed by atoms with Gasteiger partial charge in [0, 0.05) is 6.54 Å². The van der Waals surface area contributed by atoms with Crippen LogP contribution >= 0.6 is 0 Å². The molecule has 1 aromatic rings. The molecule has 1 saturated heterocycles. The van der Waals surface area contributed by atoms with E-state index in [4.69, 9.17) is 0 Å². The van der Waals surface area contributed by atoms with Gasteiger partial charge in [-0.3, -0.25) is 4.79 Å². The molecule has 1 heterocycles. The smallest absolute Gasteiger partial charge is 0.203 e. The third-order valence-corrected chi connectivity index (χ3v) is 1.98. The van der Waals surface area contributed by atoms with Gasteiger partial charge in [0.2, 0.25) is 5.91 Å². The third-order valence-electron chi connectivity index (χ3n) is 1.98. The minimum atomic E-state index is 0.0657. The Morgan fingerprint density at radius 1 is 1.38 bits per heavy atom. The molecular weight excluding hydrogens is 164 g/mol. The van der Waals surface area contributed by atoms with Crippen molar-refractivity contribution in [1.82, 2.24) is 10.2 Å². The second-order valence-electron chi connectivity index (χ2n) is 3.09. The zero-order valence-electron chi connectivity index (χ0n) is 7.23. The Hall–Kier alpha value is -1.35. The molecule has 0 radical (unpaired) electrons. The fourth-order valence-electron chi connectivity index (χ4n) is 1.36. The van der Waals surface area contributed by atoms with Crippen LogP contribution in [0, 0.1) is 6.67 Å². The molecule has 0 bridgehead atoms. The lowest BCUT2D eigenvalue weighted by molar-refractivity contribution is -0.118. The van der Waals surface area contributed by atoms with Crippen LogP contribution in [0.1, 0.15) is 5.56 Å². The van der Waals surface area contributed by atoms with Crippen LogP contribution < -0.4 is 5.32 Å².